The first-order valence-corrected chi connectivity index (χ1v) is 10.1. The van der Waals surface area contributed by atoms with Crippen LogP contribution in [-0.4, -0.2) is 13.1 Å². The molecule has 0 radical (unpaired) electrons. The average Bonchev–Trinajstić information content (AvgIpc) is 2.66. The topological polar surface area (TPSA) is 26.3 Å². The van der Waals surface area contributed by atoms with Crippen molar-refractivity contribution in [3.8, 4) is 0 Å². The van der Waals surface area contributed by atoms with Gasteiger partial charge in [-0.05, 0) is 78.9 Å². The average molecular weight is 390 g/mol. The van der Waals surface area contributed by atoms with Crippen LogP contribution < -0.4 is 0 Å². The third-order valence-electron chi connectivity index (χ3n) is 6.84. The first-order chi connectivity index (χ1) is 13.4. The van der Waals surface area contributed by atoms with Gasteiger partial charge in [0.15, 0.2) is 5.82 Å². The van der Waals surface area contributed by atoms with Crippen LogP contribution >= 0.6 is 0 Å². The summed E-state index contributed by atoms with van der Waals surface area (Å²) in [5.41, 5.74) is -0.0508. The summed E-state index contributed by atoms with van der Waals surface area (Å²) in [6.07, 6.45) is 6.84. The smallest absolute Gasteiger partial charge is 0.343 e. The van der Waals surface area contributed by atoms with Crippen molar-refractivity contribution in [1.29, 1.82) is 0 Å². The molecule has 2 aliphatic carbocycles. The zero-order valence-electron chi connectivity index (χ0n) is 16.2. The minimum atomic E-state index is -1.20. The number of methoxy groups -OCH3 is 1. The molecule has 150 valence electrons. The fourth-order valence-electron chi connectivity index (χ4n) is 5.39. The highest BCUT2D eigenvalue weighted by Crippen LogP contribution is 2.48. The first kappa shape index (κ1) is 19.3. The van der Waals surface area contributed by atoms with Crippen LogP contribution in [0.1, 0.15) is 67.3 Å². The highest BCUT2D eigenvalue weighted by molar-refractivity contribution is 5.96. The lowest BCUT2D eigenvalue weighted by Crippen LogP contribution is -2.29. The maximum absolute atomic E-state index is 14.8. The number of halogens is 3. The molecular formula is C23H25F3O2. The minimum absolute atomic E-state index is 0.150. The van der Waals surface area contributed by atoms with E-state index in [0.29, 0.717) is 5.92 Å². The van der Waals surface area contributed by atoms with Crippen molar-refractivity contribution >= 4 is 16.7 Å². The van der Waals surface area contributed by atoms with Crippen LogP contribution in [0, 0.1) is 35.2 Å². The maximum Gasteiger partial charge on any atom is 0.343 e. The quantitative estimate of drug-likeness (QED) is 0.558. The lowest BCUT2D eigenvalue weighted by atomic mass is 9.64. The summed E-state index contributed by atoms with van der Waals surface area (Å²) >= 11 is 0. The number of esters is 1. The van der Waals surface area contributed by atoms with Crippen LogP contribution in [0.25, 0.3) is 10.8 Å². The molecule has 0 aliphatic heterocycles. The van der Waals surface area contributed by atoms with E-state index in [0.717, 1.165) is 49.8 Å². The van der Waals surface area contributed by atoms with E-state index in [1.807, 2.05) is 0 Å². The monoisotopic (exact) mass is 390 g/mol. The molecule has 2 aliphatic rings. The molecule has 0 bridgehead atoms. The van der Waals surface area contributed by atoms with E-state index in [4.69, 9.17) is 0 Å². The largest absolute Gasteiger partial charge is 0.465 e. The van der Waals surface area contributed by atoms with E-state index < -0.39 is 29.0 Å². The molecule has 2 saturated carbocycles. The lowest BCUT2D eigenvalue weighted by Gasteiger charge is -2.41. The summed E-state index contributed by atoms with van der Waals surface area (Å²) < 4.78 is 48.2. The third-order valence-corrected chi connectivity index (χ3v) is 6.84. The molecule has 4 atom stereocenters. The minimum Gasteiger partial charge on any atom is -0.465 e. The van der Waals surface area contributed by atoms with E-state index in [1.165, 1.54) is 25.3 Å². The lowest BCUT2D eigenvalue weighted by molar-refractivity contribution is 0.0590. The highest BCUT2D eigenvalue weighted by Gasteiger charge is 2.35. The fourth-order valence-corrected chi connectivity index (χ4v) is 5.39. The Morgan fingerprint density at radius 2 is 1.68 bits per heavy atom. The Morgan fingerprint density at radius 3 is 2.43 bits per heavy atom. The summed E-state index contributed by atoms with van der Waals surface area (Å²) in [6, 6.07) is 4.08. The van der Waals surface area contributed by atoms with E-state index in [-0.39, 0.29) is 16.7 Å². The summed E-state index contributed by atoms with van der Waals surface area (Å²) in [5.74, 6) is -1.73. The summed E-state index contributed by atoms with van der Waals surface area (Å²) in [5, 5.41) is -0.206. The van der Waals surface area contributed by atoms with Gasteiger partial charge >= 0.3 is 5.97 Å². The van der Waals surface area contributed by atoms with Crippen LogP contribution in [0.15, 0.2) is 18.2 Å². The molecule has 0 spiro atoms. The number of benzene rings is 2. The van der Waals surface area contributed by atoms with Crippen LogP contribution in [0.2, 0.25) is 0 Å². The predicted octanol–water partition coefficient (Wildman–Crippen LogP) is 6.36. The molecule has 28 heavy (non-hydrogen) atoms. The van der Waals surface area contributed by atoms with Gasteiger partial charge < -0.3 is 4.74 Å². The zero-order valence-corrected chi connectivity index (χ0v) is 16.2. The van der Waals surface area contributed by atoms with Gasteiger partial charge in [0.25, 0.3) is 0 Å². The first-order valence-electron chi connectivity index (χ1n) is 10.1. The van der Waals surface area contributed by atoms with Crippen molar-refractivity contribution in [1.82, 2.24) is 0 Å². The van der Waals surface area contributed by atoms with Crippen molar-refractivity contribution in [3.63, 3.8) is 0 Å². The number of hydrogen-bond donors (Lipinski definition) is 0. The summed E-state index contributed by atoms with van der Waals surface area (Å²) in [4.78, 5) is 11.7. The predicted molar refractivity (Wildman–Crippen MR) is 102 cm³/mol. The molecule has 0 saturated heterocycles. The van der Waals surface area contributed by atoms with Crippen LogP contribution in [0.4, 0.5) is 13.2 Å². The summed E-state index contributed by atoms with van der Waals surface area (Å²) in [6.45, 7) is 2.31. The van der Waals surface area contributed by atoms with Crippen LogP contribution in [-0.2, 0) is 4.74 Å². The molecular weight excluding hydrogens is 365 g/mol. The van der Waals surface area contributed by atoms with E-state index in [2.05, 4.69) is 11.7 Å². The molecule has 2 nitrogen and oxygen atoms in total. The number of carbonyl (C=O) groups is 1. The number of ether oxygens (including phenoxy) is 1. The number of rotatable bonds is 2. The molecule has 0 amide bonds. The number of hydrogen-bond acceptors (Lipinski definition) is 2. The van der Waals surface area contributed by atoms with E-state index in [1.54, 1.807) is 6.07 Å². The number of carbonyl (C=O) groups excluding carboxylic acids is 1. The second kappa shape index (κ2) is 7.41. The molecule has 5 heteroatoms. The van der Waals surface area contributed by atoms with E-state index in [9.17, 15) is 18.0 Å². The van der Waals surface area contributed by atoms with Gasteiger partial charge in [-0.25, -0.2) is 18.0 Å². The van der Waals surface area contributed by atoms with Gasteiger partial charge in [-0.15, -0.1) is 0 Å². The van der Waals surface area contributed by atoms with Gasteiger partial charge in [-0.3, -0.25) is 0 Å². The Balaban J connectivity index is 1.69. The van der Waals surface area contributed by atoms with Crippen molar-refractivity contribution in [2.75, 3.05) is 7.11 Å². The standard InChI is InChI=1S/C23H25F3O2/c1-12-3-4-14-8-15(6-5-13(14)7-12)16-9-17-11-19(25)21(23(27)28-2)22(26)20(17)18(24)10-16/h9-15H,3-8H2,1-2H3. The SMILES string of the molecule is COC(=O)c1c(F)cc2cc(C3CCC4CC(C)CCC4C3)cc(F)c2c1F. The van der Waals surface area contributed by atoms with Crippen LogP contribution in [0.5, 0.6) is 0 Å². The molecule has 2 fully saturated rings. The molecule has 2 aromatic rings. The van der Waals surface area contributed by atoms with Crippen molar-refractivity contribution in [3.05, 3.63) is 46.8 Å². The number of fused-ring (bicyclic) bond motifs is 2. The molecule has 0 heterocycles. The van der Waals surface area contributed by atoms with Gasteiger partial charge in [0.05, 0.1) is 12.5 Å². The molecule has 0 aromatic heterocycles. The van der Waals surface area contributed by atoms with Gasteiger partial charge in [0, 0.05) is 0 Å². The highest BCUT2D eigenvalue weighted by atomic mass is 19.1. The van der Waals surface area contributed by atoms with Gasteiger partial charge in [-0.1, -0.05) is 19.4 Å². The van der Waals surface area contributed by atoms with Crippen molar-refractivity contribution in [2.24, 2.45) is 17.8 Å². The zero-order chi connectivity index (χ0) is 20.0. The van der Waals surface area contributed by atoms with Gasteiger partial charge in [-0.2, -0.15) is 0 Å². The Kier molecular flexibility index (Phi) is 5.11. The normalized spacial score (nSPS) is 27.5. The second-order valence-corrected chi connectivity index (χ2v) is 8.59. The maximum atomic E-state index is 14.8. The fraction of sp³-hybridized carbons (Fsp3) is 0.522. The van der Waals surface area contributed by atoms with Crippen molar-refractivity contribution in [2.45, 2.75) is 51.4 Å². The molecule has 4 unspecified atom stereocenters. The van der Waals surface area contributed by atoms with Gasteiger partial charge in [0.1, 0.15) is 17.2 Å². The third kappa shape index (κ3) is 3.29. The Labute approximate surface area is 163 Å². The molecule has 4 rings (SSSR count). The Hall–Kier alpha value is -2.04. The Bertz CT molecular complexity index is 924. The van der Waals surface area contributed by atoms with Crippen molar-refractivity contribution < 1.29 is 22.7 Å². The second-order valence-electron chi connectivity index (χ2n) is 8.59. The van der Waals surface area contributed by atoms with Crippen LogP contribution in [0.3, 0.4) is 0 Å². The Morgan fingerprint density at radius 1 is 0.964 bits per heavy atom. The molecule has 2 aromatic carbocycles. The van der Waals surface area contributed by atoms with E-state index >= 15 is 0 Å². The van der Waals surface area contributed by atoms with Gasteiger partial charge in [0.2, 0.25) is 0 Å². The summed E-state index contributed by atoms with van der Waals surface area (Å²) in [7, 11) is 1.03. The molecule has 0 N–H and O–H groups in total.